The first kappa shape index (κ1) is 24.1. The number of hydrogen-bond donors (Lipinski definition) is 2. The van der Waals surface area contributed by atoms with Gasteiger partial charge in [-0.15, -0.1) is 0 Å². The standard InChI is InChI=1S/C21H29FN4O5S/c1-3-19(32)23-11-15-12-26(21(29)31-15)14-4-5-17(16(22)10-14)24-6-8-25(9-7-24)20(28)18(27)13-30-2/h4-5,10,15,18,27H,3,6-9,11-13H2,1-2H3,(H,23,32)/t15-,18?/m0/s1. The Balaban J connectivity index is 1.58. The Morgan fingerprint density at radius 1 is 1.38 bits per heavy atom. The smallest absolute Gasteiger partial charge is 0.414 e. The van der Waals surface area contributed by atoms with Crippen molar-refractivity contribution in [3.8, 4) is 0 Å². The van der Waals surface area contributed by atoms with Gasteiger partial charge in [-0.1, -0.05) is 19.1 Å². The largest absolute Gasteiger partial charge is 0.442 e. The molecule has 2 N–H and O–H groups in total. The highest BCUT2D eigenvalue weighted by Crippen LogP contribution is 2.28. The number of carbonyl (C=O) groups excluding carboxylic acids is 2. The summed E-state index contributed by atoms with van der Waals surface area (Å²) in [5.41, 5.74) is 0.825. The third kappa shape index (κ3) is 5.64. The highest BCUT2D eigenvalue weighted by molar-refractivity contribution is 7.80. The van der Waals surface area contributed by atoms with E-state index in [1.54, 1.807) is 17.0 Å². The zero-order valence-electron chi connectivity index (χ0n) is 18.3. The van der Waals surface area contributed by atoms with Gasteiger partial charge in [0.25, 0.3) is 5.91 Å². The summed E-state index contributed by atoms with van der Waals surface area (Å²) in [5, 5.41) is 12.9. The fraction of sp³-hybridized carbons (Fsp3) is 0.571. The second-order valence-corrected chi connectivity index (χ2v) is 8.19. The van der Waals surface area contributed by atoms with Crippen molar-refractivity contribution >= 4 is 40.6 Å². The monoisotopic (exact) mass is 468 g/mol. The topological polar surface area (TPSA) is 94.6 Å². The van der Waals surface area contributed by atoms with Crippen molar-refractivity contribution in [3.63, 3.8) is 0 Å². The van der Waals surface area contributed by atoms with E-state index in [0.717, 1.165) is 0 Å². The first-order valence-corrected chi connectivity index (χ1v) is 11.0. The summed E-state index contributed by atoms with van der Waals surface area (Å²) in [6.45, 7) is 4.20. The summed E-state index contributed by atoms with van der Waals surface area (Å²) in [4.78, 5) is 29.9. The first-order chi connectivity index (χ1) is 15.3. The van der Waals surface area contributed by atoms with Crippen LogP contribution < -0.4 is 15.1 Å². The number of piperazine rings is 1. The molecule has 0 aromatic heterocycles. The number of rotatable bonds is 8. The molecule has 2 aliphatic rings. The molecule has 2 amide bonds. The molecule has 0 spiro atoms. The van der Waals surface area contributed by atoms with Crippen molar-refractivity contribution in [1.82, 2.24) is 10.2 Å². The lowest BCUT2D eigenvalue weighted by Gasteiger charge is -2.37. The zero-order chi connectivity index (χ0) is 23.3. The first-order valence-electron chi connectivity index (χ1n) is 10.6. The van der Waals surface area contributed by atoms with E-state index in [1.165, 1.54) is 18.1 Å². The fourth-order valence-electron chi connectivity index (χ4n) is 3.72. The second-order valence-electron chi connectivity index (χ2n) is 7.69. The molecule has 0 aliphatic carbocycles. The highest BCUT2D eigenvalue weighted by Gasteiger charge is 2.33. The predicted octanol–water partition coefficient (Wildman–Crippen LogP) is 1.13. The van der Waals surface area contributed by atoms with Crippen LogP contribution in [-0.2, 0) is 14.3 Å². The minimum absolute atomic E-state index is 0.0593. The minimum atomic E-state index is -1.20. The van der Waals surface area contributed by atoms with Gasteiger partial charge in [-0.25, -0.2) is 9.18 Å². The van der Waals surface area contributed by atoms with Gasteiger partial charge >= 0.3 is 6.09 Å². The molecule has 2 saturated heterocycles. The van der Waals surface area contributed by atoms with Gasteiger partial charge in [0, 0.05) is 33.3 Å². The van der Waals surface area contributed by atoms with Crippen LogP contribution in [0.25, 0.3) is 0 Å². The molecule has 32 heavy (non-hydrogen) atoms. The summed E-state index contributed by atoms with van der Waals surface area (Å²) < 4.78 is 25.1. The van der Waals surface area contributed by atoms with Gasteiger partial charge in [-0.3, -0.25) is 9.69 Å². The summed E-state index contributed by atoms with van der Waals surface area (Å²) in [7, 11) is 1.42. The summed E-state index contributed by atoms with van der Waals surface area (Å²) in [6, 6.07) is 4.64. The predicted molar refractivity (Wildman–Crippen MR) is 122 cm³/mol. The normalized spacial score (nSPS) is 19.7. The average Bonchev–Trinajstić information content (AvgIpc) is 3.17. The molecule has 2 heterocycles. The van der Waals surface area contributed by atoms with Gasteiger partial charge in [0.05, 0.1) is 36.1 Å². The van der Waals surface area contributed by atoms with E-state index in [9.17, 15) is 19.1 Å². The Hall–Kier alpha value is -2.50. The van der Waals surface area contributed by atoms with Crippen LogP contribution in [0.15, 0.2) is 18.2 Å². The molecule has 11 heteroatoms. The molecule has 9 nitrogen and oxygen atoms in total. The third-order valence-corrected chi connectivity index (χ3v) is 5.94. The van der Waals surface area contributed by atoms with E-state index >= 15 is 0 Å². The number of benzene rings is 1. The number of carbonyl (C=O) groups is 2. The van der Waals surface area contributed by atoms with Gasteiger partial charge in [-0.05, 0) is 24.6 Å². The van der Waals surface area contributed by atoms with Crippen LogP contribution in [0.3, 0.4) is 0 Å². The van der Waals surface area contributed by atoms with Crippen molar-refractivity contribution in [2.75, 3.05) is 62.8 Å². The van der Waals surface area contributed by atoms with E-state index in [4.69, 9.17) is 21.7 Å². The lowest BCUT2D eigenvalue weighted by atomic mass is 10.2. The molecule has 2 aliphatic heterocycles. The van der Waals surface area contributed by atoms with E-state index in [1.807, 2.05) is 11.8 Å². The van der Waals surface area contributed by atoms with Crippen molar-refractivity contribution < 1.29 is 28.6 Å². The maximum atomic E-state index is 14.9. The van der Waals surface area contributed by atoms with Crippen LogP contribution in [0, 0.1) is 5.82 Å². The van der Waals surface area contributed by atoms with E-state index in [0.29, 0.717) is 62.1 Å². The number of amides is 2. The number of methoxy groups -OCH3 is 1. The maximum Gasteiger partial charge on any atom is 0.414 e. The van der Waals surface area contributed by atoms with Crippen LogP contribution >= 0.6 is 12.2 Å². The van der Waals surface area contributed by atoms with E-state index in [-0.39, 0.29) is 12.7 Å². The number of thiocarbonyl (C=S) groups is 1. The van der Waals surface area contributed by atoms with Crippen molar-refractivity contribution in [2.24, 2.45) is 0 Å². The van der Waals surface area contributed by atoms with Crippen LogP contribution in [0.1, 0.15) is 13.3 Å². The van der Waals surface area contributed by atoms with Crippen LogP contribution in [0.5, 0.6) is 0 Å². The Labute approximate surface area is 192 Å². The van der Waals surface area contributed by atoms with Crippen molar-refractivity contribution in [3.05, 3.63) is 24.0 Å². The van der Waals surface area contributed by atoms with Gasteiger partial charge in [0.1, 0.15) is 11.9 Å². The molecule has 2 atom stereocenters. The van der Waals surface area contributed by atoms with Crippen LogP contribution in [-0.4, -0.2) is 92.2 Å². The summed E-state index contributed by atoms with van der Waals surface area (Å²) in [6.07, 6.45) is -1.37. The summed E-state index contributed by atoms with van der Waals surface area (Å²) >= 11 is 5.12. The molecule has 1 aromatic carbocycles. The molecule has 0 bridgehead atoms. The number of nitrogens with zero attached hydrogens (tertiary/aromatic N) is 3. The number of ether oxygens (including phenoxy) is 2. The molecule has 1 unspecified atom stereocenters. The lowest BCUT2D eigenvalue weighted by Crippen LogP contribution is -2.52. The zero-order valence-corrected chi connectivity index (χ0v) is 19.1. The van der Waals surface area contributed by atoms with Crippen molar-refractivity contribution in [1.29, 1.82) is 0 Å². The van der Waals surface area contributed by atoms with Crippen LogP contribution in [0.4, 0.5) is 20.6 Å². The number of anilines is 2. The minimum Gasteiger partial charge on any atom is -0.442 e. The maximum absolute atomic E-state index is 14.9. The number of aliphatic hydroxyl groups excluding tert-OH is 1. The number of hydrogen-bond acceptors (Lipinski definition) is 7. The van der Waals surface area contributed by atoms with Gasteiger partial charge < -0.3 is 29.7 Å². The Kier molecular flexibility index (Phi) is 8.21. The molecule has 0 saturated carbocycles. The Morgan fingerprint density at radius 2 is 2.09 bits per heavy atom. The van der Waals surface area contributed by atoms with E-state index in [2.05, 4.69) is 5.32 Å². The third-order valence-electron chi connectivity index (χ3n) is 5.51. The molecular weight excluding hydrogens is 439 g/mol. The van der Waals surface area contributed by atoms with E-state index < -0.39 is 23.9 Å². The molecule has 176 valence electrons. The fourth-order valence-corrected chi connectivity index (χ4v) is 3.80. The molecule has 1 aromatic rings. The number of nitrogens with one attached hydrogen (secondary N) is 1. The number of aliphatic hydroxyl groups is 1. The van der Waals surface area contributed by atoms with Gasteiger partial charge in [0.15, 0.2) is 6.10 Å². The number of halogens is 1. The lowest BCUT2D eigenvalue weighted by molar-refractivity contribution is -0.143. The highest BCUT2D eigenvalue weighted by atomic mass is 32.1. The van der Waals surface area contributed by atoms with Crippen LogP contribution in [0.2, 0.25) is 0 Å². The van der Waals surface area contributed by atoms with Gasteiger partial charge in [0.2, 0.25) is 0 Å². The van der Waals surface area contributed by atoms with Crippen molar-refractivity contribution in [2.45, 2.75) is 25.6 Å². The molecule has 3 rings (SSSR count). The molecular formula is C21H29FN4O5S. The SMILES string of the molecule is CCC(=S)NC[C@H]1CN(c2ccc(N3CCN(C(=O)C(O)COC)CC3)c(F)c2)C(=O)O1. The Morgan fingerprint density at radius 3 is 2.72 bits per heavy atom. The average molecular weight is 469 g/mol. The summed E-state index contributed by atoms with van der Waals surface area (Å²) in [5.74, 6) is -0.846. The quantitative estimate of drug-likeness (QED) is 0.549. The number of cyclic esters (lactones) is 1. The molecule has 0 radical (unpaired) electrons. The van der Waals surface area contributed by atoms with Gasteiger partial charge in [-0.2, -0.15) is 0 Å². The Bertz CT molecular complexity index is 849. The second kappa shape index (κ2) is 10.9. The molecule has 2 fully saturated rings.